The van der Waals surface area contributed by atoms with E-state index in [0.29, 0.717) is 11.1 Å². The molecule has 1 heterocycles. The zero-order valence-corrected chi connectivity index (χ0v) is 10.1. The van der Waals surface area contributed by atoms with E-state index < -0.39 is 0 Å². The highest BCUT2D eigenvalue weighted by atomic mass is 32.2. The molecule has 0 amide bonds. The molecule has 2 aromatic rings. The van der Waals surface area contributed by atoms with Gasteiger partial charge in [-0.15, -0.1) is 10.2 Å². The number of nitrogen functional groups attached to an aromatic ring is 1. The van der Waals surface area contributed by atoms with Crippen LogP contribution < -0.4 is 5.84 Å². The van der Waals surface area contributed by atoms with Crippen LogP contribution in [0.15, 0.2) is 35.5 Å². The topological polar surface area (TPSA) is 56.7 Å². The van der Waals surface area contributed by atoms with Gasteiger partial charge in [-0.2, -0.15) is 0 Å². The van der Waals surface area contributed by atoms with Crippen LogP contribution in [-0.2, 0) is 0 Å². The number of benzene rings is 1. The van der Waals surface area contributed by atoms with E-state index in [4.69, 9.17) is 5.84 Å². The van der Waals surface area contributed by atoms with Crippen molar-refractivity contribution in [3.63, 3.8) is 0 Å². The van der Waals surface area contributed by atoms with Crippen molar-refractivity contribution >= 4 is 11.8 Å². The van der Waals surface area contributed by atoms with Crippen LogP contribution in [0.5, 0.6) is 0 Å². The maximum absolute atomic E-state index is 5.95. The first-order valence-electron chi connectivity index (χ1n) is 5.11. The zero-order valence-electron chi connectivity index (χ0n) is 9.29. The molecule has 0 unspecified atom stereocenters. The second-order valence-corrected chi connectivity index (χ2v) is 5.25. The summed E-state index contributed by atoms with van der Waals surface area (Å²) in [7, 11) is 0. The molecule has 0 saturated heterocycles. The van der Waals surface area contributed by atoms with Crippen molar-refractivity contribution in [3.05, 3.63) is 30.3 Å². The molecule has 16 heavy (non-hydrogen) atoms. The lowest BCUT2D eigenvalue weighted by atomic mass is 10.2. The van der Waals surface area contributed by atoms with Crippen molar-refractivity contribution in [1.29, 1.82) is 0 Å². The van der Waals surface area contributed by atoms with Crippen molar-refractivity contribution in [1.82, 2.24) is 14.9 Å². The number of nitrogens with two attached hydrogens (primary N) is 1. The quantitative estimate of drug-likeness (QED) is 0.653. The lowest BCUT2D eigenvalue weighted by Gasteiger charge is -2.04. The number of thioether (sulfide) groups is 1. The molecule has 0 fully saturated rings. The van der Waals surface area contributed by atoms with Crippen molar-refractivity contribution in [2.45, 2.75) is 24.3 Å². The van der Waals surface area contributed by atoms with Crippen molar-refractivity contribution < 1.29 is 0 Å². The van der Waals surface area contributed by atoms with Crippen molar-refractivity contribution in [3.8, 4) is 11.4 Å². The Bertz CT molecular complexity index is 464. The van der Waals surface area contributed by atoms with Crippen LogP contribution in [0.2, 0.25) is 0 Å². The summed E-state index contributed by atoms with van der Waals surface area (Å²) in [5.41, 5.74) is 0.980. The molecular formula is C11H14N4S. The first kappa shape index (κ1) is 11.0. The summed E-state index contributed by atoms with van der Waals surface area (Å²) in [5.74, 6) is 6.65. The van der Waals surface area contributed by atoms with Crippen molar-refractivity contribution in [2.24, 2.45) is 0 Å². The molecule has 1 aromatic heterocycles. The molecule has 2 rings (SSSR count). The van der Waals surface area contributed by atoms with Gasteiger partial charge in [0.1, 0.15) is 0 Å². The number of hydrogen-bond acceptors (Lipinski definition) is 4. The lowest BCUT2D eigenvalue weighted by molar-refractivity contribution is 0.844. The monoisotopic (exact) mass is 234 g/mol. The summed E-state index contributed by atoms with van der Waals surface area (Å²) in [6, 6.07) is 9.82. The van der Waals surface area contributed by atoms with E-state index in [-0.39, 0.29) is 0 Å². The van der Waals surface area contributed by atoms with E-state index in [1.807, 2.05) is 30.3 Å². The fourth-order valence-corrected chi connectivity index (χ4v) is 2.06. The van der Waals surface area contributed by atoms with Gasteiger partial charge in [-0.1, -0.05) is 55.9 Å². The average Bonchev–Trinajstić information content (AvgIpc) is 2.61. The van der Waals surface area contributed by atoms with Crippen LogP contribution in [-0.4, -0.2) is 20.1 Å². The summed E-state index contributed by atoms with van der Waals surface area (Å²) in [4.78, 5) is 0. The number of aromatic nitrogens is 3. The number of nitrogens with zero attached hydrogens (tertiary/aromatic N) is 3. The molecular weight excluding hydrogens is 220 g/mol. The highest BCUT2D eigenvalue weighted by Gasteiger charge is 2.12. The Labute approximate surface area is 98.8 Å². The SMILES string of the molecule is CC(C)Sc1nnc(-c2ccccc2)n1N. The fraction of sp³-hybridized carbons (Fsp3) is 0.273. The molecule has 4 nitrogen and oxygen atoms in total. The van der Waals surface area contributed by atoms with Crippen LogP contribution in [0, 0.1) is 0 Å². The van der Waals surface area contributed by atoms with Crippen LogP contribution in [0.25, 0.3) is 11.4 Å². The van der Waals surface area contributed by atoms with Crippen LogP contribution >= 0.6 is 11.8 Å². The first-order valence-corrected chi connectivity index (χ1v) is 5.99. The summed E-state index contributed by atoms with van der Waals surface area (Å²) in [6.07, 6.45) is 0. The average molecular weight is 234 g/mol. The predicted octanol–water partition coefficient (Wildman–Crippen LogP) is 2.16. The third-order valence-corrected chi connectivity index (χ3v) is 3.00. The van der Waals surface area contributed by atoms with Crippen LogP contribution in [0.4, 0.5) is 0 Å². The van der Waals surface area contributed by atoms with Gasteiger partial charge in [0.2, 0.25) is 5.16 Å². The smallest absolute Gasteiger partial charge is 0.210 e. The number of rotatable bonds is 3. The summed E-state index contributed by atoms with van der Waals surface area (Å²) in [6.45, 7) is 4.20. The maximum atomic E-state index is 5.95. The van der Waals surface area contributed by atoms with Crippen LogP contribution in [0.1, 0.15) is 13.8 Å². The Hall–Kier alpha value is -1.49. The fourth-order valence-electron chi connectivity index (χ4n) is 1.35. The van der Waals surface area contributed by atoms with Gasteiger partial charge < -0.3 is 5.84 Å². The van der Waals surface area contributed by atoms with E-state index in [1.165, 1.54) is 0 Å². The molecule has 0 radical (unpaired) electrons. The minimum absolute atomic E-state index is 0.440. The highest BCUT2D eigenvalue weighted by molar-refractivity contribution is 7.99. The molecule has 0 atom stereocenters. The summed E-state index contributed by atoms with van der Waals surface area (Å²) < 4.78 is 1.54. The maximum Gasteiger partial charge on any atom is 0.210 e. The standard InChI is InChI=1S/C11H14N4S/c1-8(2)16-11-14-13-10(15(11)12)9-6-4-3-5-7-9/h3-8H,12H2,1-2H3. The molecule has 0 aliphatic heterocycles. The van der Waals surface area contributed by atoms with Gasteiger partial charge in [0, 0.05) is 10.8 Å². The van der Waals surface area contributed by atoms with Crippen molar-refractivity contribution in [2.75, 3.05) is 5.84 Å². The second kappa shape index (κ2) is 4.57. The van der Waals surface area contributed by atoms with E-state index >= 15 is 0 Å². The Balaban J connectivity index is 2.34. The van der Waals surface area contributed by atoms with E-state index in [0.717, 1.165) is 10.7 Å². The molecule has 0 spiro atoms. The molecule has 2 N–H and O–H groups in total. The first-order chi connectivity index (χ1) is 7.68. The zero-order chi connectivity index (χ0) is 11.5. The van der Waals surface area contributed by atoms with Gasteiger partial charge in [-0.25, -0.2) is 4.68 Å². The molecule has 5 heteroatoms. The summed E-state index contributed by atoms with van der Waals surface area (Å²) >= 11 is 1.60. The Morgan fingerprint density at radius 2 is 1.88 bits per heavy atom. The molecule has 84 valence electrons. The van der Waals surface area contributed by atoms with Gasteiger partial charge in [0.05, 0.1) is 0 Å². The van der Waals surface area contributed by atoms with E-state index in [2.05, 4.69) is 24.0 Å². The normalized spacial score (nSPS) is 10.9. The Kier molecular flexibility index (Phi) is 3.14. The third-order valence-electron chi connectivity index (χ3n) is 2.04. The second-order valence-electron chi connectivity index (χ2n) is 3.71. The van der Waals surface area contributed by atoms with Crippen LogP contribution in [0.3, 0.4) is 0 Å². The minimum atomic E-state index is 0.440. The third kappa shape index (κ3) is 2.19. The minimum Gasteiger partial charge on any atom is -0.335 e. The highest BCUT2D eigenvalue weighted by Crippen LogP contribution is 2.23. The Morgan fingerprint density at radius 1 is 1.19 bits per heavy atom. The molecule has 0 aliphatic carbocycles. The largest absolute Gasteiger partial charge is 0.335 e. The Morgan fingerprint density at radius 3 is 2.50 bits per heavy atom. The molecule has 1 aromatic carbocycles. The van der Waals surface area contributed by atoms with E-state index in [1.54, 1.807) is 16.4 Å². The van der Waals surface area contributed by atoms with Gasteiger partial charge in [-0.3, -0.25) is 0 Å². The lowest BCUT2D eigenvalue weighted by Crippen LogP contribution is -2.12. The van der Waals surface area contributed by atoms with Gasteiger partial charge >= 0.3 is 0 Å². The summed E-state index contributed by atoms with van der Waals surface area (Å²) in [5, 5.41) is 9.37. The van der Waals surface area contributed by atoms with Gasteiger partial charge in [-0.05, 0) is 0 Å². The predicted molar refractivity (Wildman–Crippen MR) is 66.6 cm³/mol. The van der Waals surface area contributed by atoms with E-state index in [9.17, 15) is 0 Å². The van der Waals surface area contributed by atoms with Gasteiger partial charge in [0.25, 0.3) is 0 Å². The molecule has 0 bridgehead atoms. The molecule has 0 aliphatic rings. The van der Waals surface area contributed by atoms with Gasteiger partial charge in [0.15, 0.2) is 5.82 Å². The number of hydrogen-bond donors (Lipinski definition) is 1. The molecule has 0 saturated carbocycles.